The number of ether oxygens (including phenoxy) is 1. The van der Waals surface area contributed by atoms with Crippen molar-refractivity contribution in [2.45, 2.75) is 58.7 Å². The van der Waals surface area contributed by atoms with E-state index in [1.165, 1.54) is 66.4 Å². The molecule has 0 atom stereocenters. The molecule has 0 amide bonds. The maximum Gasteiger partial charge on any atom is 0.137 e. The number of hydrogen-bond acceptors (Lipinski definition) is 1. The molecule has 0 heterocycles. The van der Waals surface area contributed by atoms with Crippen molar-refractivity contribution in [1.29, 1.82) is 0 Å². The van der Waals surface area contributed by atoms with Gasteiger partial charge in [0.05, 0.1) is 13.1 Å². The summed E-state index contributed by atoms with van der Waals surface area (Å²) in [6, 6.07) is 36.1. The highest BCUT2D eigenvalue weighted by molar-refractivity contribution is 6.92. The highest BCUT2D eigenvalue weighted by atomic mass is 35.5. The number of hydrogen-bond donors (Lipinski definition) is 0. The Morgan fingerprint density at radius 3 is 1.71 bits per heavy atom. The third-order valence-electron chi connectivity index (χ3n) is 9.60. The monoisotopic (exact) mass is 626 g/mol. The van der Waals surface area contributed by atoms with E-state index in [1.807, 2.05) is 0 Å². The summed E-state index contributed by atoms with van der Waals surface area (Å²) in [5.74, 6) is 0.807. The molecule has 0 aliphatic heterocycles. The Labute approximate surface area is 275 Å². The predicted octanol–water partition coefficient (Wildman–Crippen LogP) is 11.4. The summed E-state index contributed by atoms with van der Waals surface area (Å²) < 4.78 is 6.41. The third kappa shape index (κ3) is 5.60. The van der Waals surface area contributed by atoms with E-state index in [0.717, 1.165) is 5.75 Å². The van der Waals surface area contributed by atoms with Crippen LogP contribution in [0.2, 0.25) is 18.1 Å². The first-order valence-electron chi connectivity index (χ1n) is 15.9. The van der Waals surface area contributed by atoms with Crippen LogP contribution in [0.1, 0.15) is 54.1 Å². The summed E-state index contributed by atoms with van der Waals surface area (Å²) in [5.41, 5.74) is 14.5. The molecule has 1 aliphatic rings. The van der Waals surface area contributed by atoms with Crippen molar-refractivity contribution in [2.75, 3.05) is 6.61 Å². The van der Waals surface area contributed by atoms with Gasteiger partial charge in [0.2, 0.25) is 0 Å². The number of fused-ring (bicyclic) bond motifs is 3. The molecular weight excluding hydrogens is 584 g/mol. The standard InChI is InChI=1S/C42H43ClOSi/c1-9-22-44-40-38(43)25-31(42(4,5)6)26-39(40)45(7,8)41-36-23-29(32-16-12-10-14-27(32)2)18-20-34(36)35-21-19-30(24-37(35)41)33-17-13-11-15-28(33)3/h9-21,23-26,41H,1,22H2,2-8H3. The average Bonchev–Trinajstić information content (AvgIpc) is 3.33. The summed E-state index contributed by atoms with van der Waals surface area (Å²) >= 11 is 7.10. The molecule has 0 aromatic heterocycles. The van der Waals surface area contributed by atoms with Crippen LogP contribution in [0.5, 0.6) is 5.75 Å². The fraction of sp³-hybridized carbons (Fsp3) is 0.238. The van der Waals surface area contributed by atoms with Crippen molar-refractivity contribution in [3.8, 4) is 39.1 Å². The molecule has 0 spiro atoms. The van der Waals surface area contributed by atoms with Gasteiger partial charge in [0.15, 0.2) is 0 Å². The molecule has 0 saturated heterocycles. The largest absolute Gasteiger partial charge is 0.488 e. The summed E-state index contributed by atoms with van der Waals surface area (Å²) in [7, 11) is -2.40. The maximum absolute atomic E-state index is 7.10. The molecule has 6 rings (SSSR count). The van der Waals surface area contributed by atoms with Gasteiger partial charge in [-0.05, 0) is 91.7 Å². The second-order valence-electron chi connectivity index (χ2n) is 14.1. The lowest BCUT2D eigenvalue weighted by molar-refractivity contribution is 0.366. The highest BCUT2D eigenvalue weighted by Gasteiger charge is 2.44. The van der Waals surface area contributed by atoms with Gasteiger partial charge in [-0.25, -0.2) is 0 Å². The van der Waals surface area contributed by atoms with E-state index < -0.39 is 8.07 Å². The van der Waals surface area contributed by atoms with Gasteiger partial charge in [-0.1, -0.05) is 149 Å². The lowest BCUT2D eigenvalue weighted by Gasteiger charge is -2.35. The third-order valence-corrected chi connectivity index (χ3v) is 13.7. The number of rotatable bonds is 7. The Hall–Kier alpha value is -3.85. The molecular formula is C42H43ClOSi. The minimum atomic E-state index is -2.40. The summed E-state index contributed by atoms with van der Waals surface area (Å²) in [4.78, 5) is 0. The zero-order valence-electron chi connectivity index (χ0n) is 27.6. The van der Waals surface area contributed by atoms with Gasteiger partial charge in [0.1, 0.15) is 12.4 Å². The second-order valence-corrected chi connectivity index (χ2v) is 19.0. The van der Waals surface area contributed by atoms with Crippen LogP contribution in [0.25, 0.3) is 33.4 Å². The predicted molar refractivity (Wildman–Crippen MR) is 197 cm³/mol. The van der Waals surface area contributed by atoms with Crippen molar-refractivity contribution >= 4 is 24.9 Å². The van der Waals surface area contributed by atoms with Gasteiger partial charge in [-0.3, -0.25) is 0 Å². The smallest absolute Gasteiger partial charge is 0.137 e. The minimum absolute atomic E-state index is 0.0542. The van der Waals surface area contributed by atoms with E-state index in [0.29, 0.717) is 11.6 Å². The molecule has 0 saturated carbocycles. The van der Waals surface area contributed by atoms with E-state index in [1.54, 1.807) is 6.08 Å². The van der Waals surface area contributed by atoms with Crippen molar-refractivity contribution in [3.05, 3.63) is 143 Å². The summed E-state index contributed by atoms with van der Waals surface area (Å²) in [6.07, 6.45) is 1.80. The first-order chi connectivity index (χ1) is 21.4. The Bertz CT molecular complexity index is 1830. The SMILES string of the molecule is C=CCOc1c(Cl)cc(C(C)(C)C)cc1[Si](C)(C)C1c2cc(-c3ccccc3C)ccc2-c2ccc(-c3ccccc3C)cc21. The Morgan fingerprint density at radius 2 is 1.24 bits per heavy atom. The number of halogens is 1. The van der Waals surface area contributed by atoms with Gasteiger partial charge < -0.3 is 4.74 Å². The normalized spacial score (nSPS) is 13.0. The van der Waals surface area contributed by atoms with E-state index in [2.05, 4.69) is 151 Å². The van der Waals surface area contributed by atoms with Gasteiger partial charge in [0, 0.05) is 5.54 Å². The average molecular weight is 627 g/mol. The van der Waals surface area contributed by atoms with Gasteiger partial charge in [0.25, 0.3) is 0 Å². The van der Waals surface area contributed by atoms with Crippen LogP contribution in [0.3, 0.4) is 0 Å². The van der Waals surface area contributed by atoms with E-state index in [4.69, 9.17) is 16.3 Å². The molecule has 45 heavy (non-hydrogen) atoms. The van der Waals surface area contributed by atoms with Gasteiger partial charge in [-0.15, -0.1) is 0 Å². The van der Waals surface area contributed by atoms with Crippen LogP contribution >= 0.6 is 11.6 Å². The van der Waals surface area contributed by atoms with Crippen LogP contribution in [0, 0.1) is 13.8 Å². The minimum Gasteiger partial charge on any atom is -0.488 e. The van der Waals surface area contributed by atoms with Crippen LogP contribution in [-0.4, -0.2) is 14.7 Å². The van der Waals surface area contributed by atoms with Crippen molar-refractivity contribution in [1.82, 2.24) is 0 Å². The molecule has 228 valence electrons. The van der Waals surface area contributed by atoms with Crippen LogP contribution in [-0.2, 0) is 5.41 Å². The first kappa shape index (κ1) is 31.1. The lowest BCUT2D eigenvalue weighted by atomic mass is 9.87. The molecule has 0 unspecified atom stereocenters. The Balaban J connectivity index is 1.63. The van der Waals surface area contributed by atoms with E-state index in [-0.39, 0.29) is 11.0 Å². The highest BCUT2D eigenvalue weighted by Crippen LogP contribution is 2.52. The van der Waals surface area contributed by atoms with E-state index in [9.17, 15) is 0 Å². The van der Waals surface area contributed by atoms with Gasteiger partial charge in [-0.2, -0.15) is 0 Å². The molecule has 0 fully saturated rings. The molecule has 0 bridgehead atoms. The zero-order chi connectivity index (χ0) is 32.1. The lowest BCUT2D eigenvalue weighted by Crippen LogP contribution is -2.49. The van der Waals surface area contributed by atoms with Crippen molar-refractivity contribution in [2.24, 2.45) is 0 Å². The Kier molecular flexibility index (Phi) is 8.18. The molecule has 1 nitrogen and oxygen atoms in total. The topological polar surface area (TPSA) is 9.23 Å². The van der Waals surface area contributed by atoms with Gasteiger partial charge >= 0.3 is 0 Å². The first-order valence-corrected chi connectivity index (χ1v) is 19.4. The molecule has 5 aromatic rings. The molecule has 1 aliphatic carbocycles. The Morgan fingerprint density at radius 1 is 0.733 bits per heavy atom. The molecule has 3 heteroatoms. The maximum atomic E-state index is 7.10. The van der Waals surface area contributed by atoms with Crippen molar-refractivity contribution in [3.63, 3.8) is 0 Å². The summed E-state index contributed by atoms with van der Waals surface area (Å²) in [5, 5.41) is 1.94. The molecule has 5 aromatic carbocycles. The van der Waals surface area contributed by atoms with Crippen LogP contribution in [0.15, 0.2) is 110 Å². The molecule has 0 N–H and O–H groups in total. The number of benzene rings is 5. The number of aryl methyl sites for hydroxylation is 2. The van der Waals surface area contributed by atoms with E-state index >= 15 is 0 Å². The quantitative estimate of drug-likeness (QED) is 0.129. The fourth-order valence-electron chi connectivity index (χ4n) is 7.12. The summed E-state index contributed by atoms with van der Waals surface area (Å²) in [6.45, 7) is 20.5. The molecule has 0 radical (unpaired) electrons. The second kappa shape index (κ2) is 11.8. The van der Waals surface area contributed by atoms with Crippen molar-refractivity contribution < 1.29 is 4.74 Å². The van der Waals surface area contributed by atoms with Crippen LogP contribution < -0.4 is 9.92 Å². The fourth-order valence-corrected chi connectivity index (χ4v) is 11.1. The zero-order valence-corrected chi connectivity index (χ0v) is 29.3. The van der Waals surface area contributed by atoms with Crippen LogP contribution in [0.4, 0.5) is 0 Å².